The zero-order chi connectivity index (χ0) is 39.3. The molecule has 0 N–H and O–H groups in total. The highest BCUT2D eigenvalue weighted by atomic mass is 16.3. The molecule has 0 aliphatic heterocycles. The molecule has 0 saturated carbocycles. The first-order valence-corrected chi connectivity index (χ1v) is 19.8. The molecule has 0 unspecified atom stereocenters. The fraction of sp³-hybridized carbons (Fsp3) is 0.0545. The number of fused-ring (bicyclic) bond motifs is 9. The summed E-state index contributed by atoms with van der Waals surface area (Å²) in [6, 6.07) is 54.4. The molecule has 58 heavy (non-hydrogen) atoms. The van der Waals surface area contributed by atoms with Crippen molar-refractivity contribution in [1.29, 1.82) is 0 Å². The van der Waals surface area contributed by atoms with E-state index in [0.29, 0.717) is 5.82 Å². The second-order valence-electron chi connectivity index (χ2n) is 15.0. The minimum absolute atomic E-state index is 0.644. The van der Waals surface area contributed by atoms with Crippen LogP contribution in [0.3, 0.4) is 0 Å². The summed E-state index contributed by atoms with van der Waals surface area (Å²) in [7, 11) is 0. The van der Waals surface area contributed by atoms with Crippen LogP contribution >= 0.6 is 0 Å². The van der Waals surface area contributed by atoms with E-state index in [9.17, 15) is 0 Å². The van der Waals surface area contributed by atoms with Crippen molar-refractivity contribution in [2.24, 2.45) is 0 Å². The van der Waals surface area contributed by atoms with Crippen LogP contribution in [0.4, 0.5) is 0 Å². The van der Waals surface area contributed by atoms with Crippen molar-refractivity contribution < 1.29 is 4.42 Å². The first-order chi connectivity index (χ1) is 28.5. The molecule has 0 aliphatic carbocycles. The van der Waals surface area contributed by atoms with Crippen LogP contribution in [0.2, 0.25) is 0 Å². The number of aromatic nitrogens is 2. The third kappa shape index (κ3) is 5.91. The Bertz CT molecular complexity index is 3290. The number of benzene rings is 8. The minimum atomic E-state index is 0.644. The first kappa shape index (κ1) is 35.1. The molecule has 0 spiro atoms. The van der Waals surface area contributed by atoms with Gasteiger partial charge in [0.1, 0.15) is 11.2 Å². The molecule has 0 aliphatic rings. The Kier molecular flexibility index (Phi) is 8.65. The maximum atomic E-state index is 6.55. The van der Waals surface area contributed by atoms with Gasteiger partial charge in [0.15, 0.2) is 5.82 Å². The topological polar surface area (TPSA) is 38.9 Å². The van der Waals surface area contributed by atoms with Crippen molar-refractivity contribution in [2.75, 3.05) is 0 Å². The van der Waals surface area contributed by atoms with Gasteiger partial charge in [0.05, 0.1) is 11.4 Å². The molecular weight excluding hydrogens is 705 g/mol. The predicted octanol–water partition coefficient (Wildman–Crippen LogP) is 15.3. The minimum Gasteiger partial charge on any atom is -0.456 e. The van der Waals surface area contributed by atoms with Gasteiger partial charge in [0.25, 0.3) is 0 Å². The van der Waals surface area contributed by atoms with E-state index in [1.165, 1.54) is 37.9 Å². The van der Waals surface area contributed by atoms with Crippen molar-refractivity contribution in [3.05, 3.63) is 199 Å². The van der Waals surface area contributed by atoms with Crippen LogP contribution < -0.4 is 0 Å². The van der Waals surface area contributed by atoms with Crippen LogP contribution in [0.5, 0.6) is 0 Å². The summed E-state index contributed by atoms with van der Waals surface area (Å²) in [5, 5.41) is 9.86. The average molecular weight is 745 g/mol. The molecule has 0 radical (unpaired) electrons. The molecule has 0 saturated heterocycles. The summed E-state index contributed by atoms with van der Waals surface area (Å²) >= 11 is 0. The molecular formula is C55H40N2O. The maximum Gasteiger partial charge on any atom is 0.160 e. The van der Waals surface area contributed by atoms with Gasteiger partial charge in [-0.15, -0.1) is 0 Å². The van der Waals surface area contributed by atoms with Gasteiger partial charge in [0, 0.05) is 33.0 Å². The second-order valence-corrected chi connectivity index (χ2v) is 15.0. The van der Waals surface area contributed by atoms with E-state index in [4.69, 9.17) is 14.4 Å². The molecule has 10 aromatic rings. The lowest BCUT2D eigenvalue weighted by Gasteiger charge is -2.16. The molecule has 0 fully saturated rings. The molecule has 0 bridgehead atoms. The normalized spacial score (nSPS) is 12.2. The summed E-state index contributed by atoms with van der Waals surface area (Å²) in [5.41, 5.74) is 13.2. The zero-order valence-electron chi connectivity index (χ0n) is 32.8. The van der Waals surface area contributed by atoms with Gasteiger partial charge < -0.3 is 4.42 Å². The van der Waals surface area contributed by atoms with E-state index in [1.54, 1.807) is 0 Å². The van der Waals surface area contributed by atoms with Crippen molar-refractivity contribution >= 4 is 59.8 Å². The van der Waals surface area contributed by atoms with Crippen LogP contribution in [-0.4, -0.2) is 9.97 Å². The summed E-state index contributed by atoms with van der Waals surface area (Å²) in [4.78, 5) is 10.3. The van der Waals surface area contributed by atoms with Crippen LogP contribution in [-0.2, 0) is 0 Å². The quantitative estimate of drug-likeness (QED) is 0.120. The van der Waals surface area contributed by atoms with Gasteiger partial charge in [-0.25, -0.2) is 9.97 Å². The largest absolute Gasteiger partial charge is 0.456 e. The monoisotopic (exact) mass is 744 g/mol. The van der Waals surface area contributed by atoms with Crippen molar-refractivity contribution in [1.82, 2.24) is 9.97 Å². The Hall–Kier alpha value is -7.36. The van der Waals surface area contributed by atoms with Gasteiger partial charge >= 0.3 is 0 Å². The summed E-state index contributed by atoms with van der Waals surface area (Å²) in [6.07, 6.45) is 7.82. The van der Waals surface area contributed by atoms with Crippen molar-refractivity contribution in [3.63, 3.8) is 0 Å². The number of hydrogen-bond acceptors (Lipinski definition) is 3. The van der Waals surface area contributed by atoms with Crippen molar-refractivity contribution in [3.8, 4) is 44.8 Å². The molecule has 10 rings (SSSR count). The maximum absolute atomic E-state index is 6.55. The number of aryl methyl sites for hydroxylation is 1. The predicted molar refractivity (Wildman–Crippen MR) is 246 cm³/mol. The van der Waals surface area contributed by atoms with Gasteiger partial charge in [-0.1, -0.05) is 146 Å². The highest BCUT2D eigenvalue weighted by Crippen LogP contribution is 2.40. The van der Waals surface area contributed by atoms with Gasteiger partial charge in [-0.3, -0.25) is 0 Å². The third-order valence-electron chi connectivity index (χ3n) is 11.5. The van der Waals surface area contributed by atoms with Crippen LogP contribution in [0.15, 0.2) is 187 Å². The Morgan fingerprint density at radius 2 is 1.05 bits per heavy atom. The highest BCUT2D eigenvalue weighted by Gasteiger charge is 2.19. The first-order valence-electron chi connectivity index (χ1n) is 19.8. The standard InChI is InChI=1S/C55H40N2O/c1-5-7-15-36(6-2)55-56-53(37-16-9-8-10-17-37)35(4)54(57-55)48-30-38(23-22-34(48)3)41-25-28-47-50-32-40(26-29-51(50)58-52(47)33-41)39-24-27-46-44-20-12-11-18-42(44)43-19-13-14-21-45(43)49(46)31-39/h5-33H,2H2,1,3-4H3/b7-5-,36-15+. The van der Waals surface area contributed by atoms with E-state index in [2.05, 4.69) is 154 Å². The molecule has 8 aromatic carbocycles. The zero-order valence-corrected chi connectivity index (χ0v) is 32.8. The molecule has 3 heteroatoms. The number of nitrogens with zero attached hydrogens (tertiary/aromatic N) is 2. The summed E-state index contributed by atoms with van der Waals surface area (Å²) in [6.45, 7) is 10.4. The lowest BCUT2D eigenvalue weighted by atomic mass is 9.92. The van der Waals surface area contributed by atoms with Gasteiger partial charge in [-0.2, -0.15) is 0 Å². The summed E-state index contributed by atoms with van der Waals surface area (Å²) < 4.78 is 6.55. The van der Waals surface area contributed by atoms with Crippen LogP contribution in [0, 0.1) is 13.8 Å². The Morgan fingerprint density at radius 3 is 1.74 bits per heavy atom. The molecule has 2 heterocycles. The SMILES string of the molecule is C=C/C(=C\C=C/C)c1nc(-c2ccccc2)c(C)c(-c2cc(-c3ccc4c(c3)oc3ccc(-c5ccc6c7ccccc7c7ccccc7c6c5)cc34)ccc2C)n1. The fourth-order valence-electron chi connectivity index (χ4n) is 8.50. The molecule has 276 valence electrons. The van der Waals surface area contributed by atoms with E-state index < -0.39 is 0 Å². The lowest BCUT2D eigenvalue weighted by molar-refractivity contribution is 0.669. The van der Waals surface area contributed by atoms with E-state index in [-0.39, 0.29) is 0 Å². The second kappa shape index (κ2) is 14.3. The van der Waals surface area contributed by atoms with Crippen LogP contribution in [0.1, 0.15) is 23.9 Å². The fourth-order valence-corrected chi connectivity index (χ4v) is 8.50. The smallest absolute Gasteiger partial charge is 0.160 e. The molecule has 2 aromatic heterocycles. The number of hydrogen-bond donors (Lipinski definition) is 0. The lowest BCUT2D eigenvalue weighted by Crippen LogP contribution is -2.03. The average Bonchev–Trinajstić information content (AvgIpc) is 3.65. The molecule has 3 nitrogen and oxygen atoms in total. The van der Waals surface area contributed by atoms with Crippen molar-refractivity contribution in [2.45, 2.75) is 20.8 Å². The van der Waals surface area contributed by atoms with E-state index in [1.807, 2.05) is 49.4 Å². The van der Waals surface area contributed by atoms with Crippen LogP contribution in [0.25, 0.3) is 105 Å². The Labute approximate surface area is 338 Å². The van der Waals surface area contributed by atoms with Gasteiger partial charge in [0.2, 0.25) is 0 Å². The number of allylic oxidation sites excluding steroid dienone is 5. The number of furan rings is 1. The number of rotatable bonds is 7. The highest BCUT2D eigenvalue weighted by molar-refractivity contribution is 6.25. The summed E-state index contributed by atoms with van der Waals surface area (Å²) in [5.74, 6) is 0.644. The van der Waals surface area contributed by atoms with Gasteiger partial charge in [-0.05, 0) is 117 Å². The molecule has 0 amide bonds. The Balaban J connectivity index is 1.06. The molecule has 0 atom stereocenters. The third-order valence-corrected chi connectivity index (χ3v) is 11.5. The van der Waals surface area contributed by atoms with E-state index in [0.717, 1.165) is 77.8 Å². The van der Waals surface area contributed by atoms with E-state index >= 15 is 0 Å². The Morgan fingerprint density at radius 1 is 0.500 bits per heavy atom.